The van der Waals surface area contributed by atoms with Gasteiger partial charge in [-0.3, -0.25) is 0 Å². The summed E-state index contributed by atoms with van der Waals surface area (Å²) >= 11 is 0. The lowest BCUT2D eigenvalue weighted by molar-refractivity contribution is -0.0227. The van der Waals surface area contributed by atoms with Gasteiger partial charge in [-0.05, 0) is 36.5 Å². The van der Waals surface area contributed by atoms with Crippen molar-refractivity contribution < 1.29 is 9.50 Å². The highest BCUT2D eigenvalue weighted by atomic mass is 19.1. The fraction of sp³-hybridized carbons (Fsp3) is 0.625. The first kappa shape index (κ1) is 14.5. The van der Waals surface area contributed by atoms with E-state index >= 15 is 0 Å². The Morgan fingerprint density at radius 1 is 1.32 bits per heavy atom. The summed E-state index contributed by atoms with van der Waals surface area (Å²) in [5, 5.41) is 10.6. The Balaban J connectivity index is 1.91. The number of rotatable bonds is 4. The molecule has 1 aliphatic heterocycles. The van der Waals surface area contributed by atoms with Crippen LogP contribution in [-0.4, -0.2) is 35.2 Å². The van der Waals surface area contributed by atoms with Gasteiger partial charge in [-0.15, -0.1) is 0 Å². The molecule has 0 bridgehead atoms. The summed E-state index contributed by atoms with van der Waals surface area (Å²) in [5.74, 6) is 0.438. The third-order valence-corrected chi connectivity index (χ3v) is 3.83. The van der Waals surface area contributed by atoms with Crippen LogP contribution in [0, 0.1) is 11.7 Å². The predicted molar refractivity (Wildman–Crippen MR) is 75.6 cm³/mol. The second-order valence-electron chi connectivity index (χ2n) is 6.23. The number of halogens is 1. The molecule has 2 rings (SSSR count). The van der Waals surface area contributed by atoms with Gasteiger partial charge in [0.25, 0.3) is 0 Å². The van der Waals surface area contributed by atoms with Crippen LogP contribution in [0.2, 0.25) is 0 Å². The van der Waals surface area contributed by atoms with Gasteiger partial charge in [0, 0.05) is 26.1 Å². The second-order valence-corrected chi connectivity index (χ2v) is 6.23. The normalized spacial score (nSPS) is 19.8. The minimum atomic E-state index is -0.665. The van der Waals surface area contributed by atoms with Crippen molar-refractivity contribution in [3.05, 3.63) is 35.6 Å². The van der Waals surface area contributed by atoms with E-state index in [4.69, 9.17) is 0 Å². The molecule has 0 aromatic heterocycles. The van der Waals surface area contributed by atoms with Crippen LogP contribution in [0.5, 0.6) is 0 Å². The highest BCUT2D eigenvalue weighted by molar-refractivity contribution is 5.18. The number of aliphatic hydroxyl groups is 1. The second kappa shape index (κ2) is 6.02. The molecule has 19 heavy (non-hydrogen) atoms. The van der Waals surface area contributed by atoms with Gasteiger partial charge in [-0.25, -0.2) is 4.39 Å². The fourth-order valence-electron chi connectivity index (χ4n) is 2.87. The van der Waals surface area contributed by atoms with Gasteiger partial charge in [0.1, 0.15) is 5.82 Å². The van der Waals surface area contributed by atoms with Gasteiger partial charge in [0.2, 0.25) is 0 Å². The van der Waals surface area contributed by atoms with Crippen LogP contribution < -0.4 is 0 Å². The van der Waals surface area contributed by atoms with Crippen molar-refractivity contribution in [3.8, 4) is 0 Å². The summed E-state index contributed by atoms with van der Waals surface area (Å²) < 4.78 is 13.2. The van der Waals surface area contributed by atoms with Crippen molar-refractivity contribution >= 4 is 0 Å². The van der Waals surface area contributed by atoms with Gasteiger partial charge < -0.3 is 10.0 Å². The molecule has 1 aliphatic rings. The molecule has 1 heterocycles. The summed E-state index contributed by atoms with van der Waals surface area (Å²) in [6.45, 7) is 7.39. The van der Waals surface area contributed by atoms with E-state index in [1.165, 1.54) is 12.1 Å². The van der Waals surface area contributed by atoms with E-state index in [2.05, 4.69) is 18.7 Å². The first-order chi connectivity index (χ1) is 8.97. The van der Waals surface area contributed by atoms with Crippen molar-refractivity contribution in [2.24, 2.45) is 5.92 Å². The van der Waals surface area contributed by atoms with Crippen molar-refractivity contribution in [1.82, 2.24) is 4.90 Å². The Labute approximate surface area is 115 Å². The van der Waals surface area contributed by atoms with Gasteiger partial charge in [0.05, 0.1) is 5.60 Å². The fourth-order valence-corrected chi connectivity index (χ4v) is 2.87. The van der Waals surface area contributed by atoms with E-state index in [0.717, 1.165) is 38.0 Å². The first-order valence-corrected chi connectivity index (χ1v) is 7.16. The lowest BCUT2D eigenvalue weighted by Crippen LogP contribution is -2.46. The summed E-state index contributed by atoms with van der Waals surface area (Å²) in [7, 11) is 0. The average Bonchev–Trinajstić information content (AvgIpc) is 2.32. The monoisotopic (exact) mass is 265 g/mol. The molecule has 0 amide bonds. The SMILES string of the molecule is CC(C)CN1CCC(O)(Cc2cccc(F)c2)CC1. The number of nitrogens with zero attached hydrogens (tertiary/aromatic N) is 1. The van der Waals surface area contributed by atoms with Crippen LogP contribution >= 0.6 is 0 Å². The number of piperidine rings is 1. The van der Waals surface area contributed by atoms with Crippen LogP contribution in [0.1, 0.15) is 32.3 Å². The third kappa shape index (κ3) is 4.29. The summed E-state index contributed by atoms with van der Waals surface area (Å²) in [6, 6.07) is 6.57. The van der Waals surface area contributed by atoms with Gasteiger partial charge in [-0.1, -0.05) is 26.0 Å². The lowest BCUT2D eigenvalue weighted by atomic mass is 9.85. The van der Waals surface area contributed by atoms with Gasteiger partial charge in [0.15, 0.2) is 0 Å². The number of benzene rings is 1. The van der Waals surface area contributed by atoms with Crippen molar-refractivity contribution in [2.45, 2.75) is 38.7 Å². The third-order valence-electron chi connectivity index (χ3n) is 3.83. The number of hydrogen-bond donors (Lipinski definition) is 1. The van der Waals surface area contributed by atoms with Crippen LogP contribution in [0.4, 0.5) is 4.39 Å². The van der Waals surface area contributed by atoms with Crippen molar-refractivity contribution in [2.75, 3.05) is 19.6 Å². The van der Waals surface area contributed by atoms with Crippen LogP contribution in [0.3, 0.4) is 0 Å². The Morgan fingerprint density at radius 2 is 2.00 bits per heavy atom. The van der Waals surface area contributed by atoms with E-state index in [9.17, 15) is 9.50 Å². The van der Waals surface area contributed by atoms with Crippen LogP contribution in [0.15, 0.2) is 24.3 Å². The maximum atomic E-state index is 13.2. The first-order valence-electron chi connectivity index (χ1n) is 7.16. The number of likely N-dealkylation sites (tertiary alicyclic amines) is 1. The molecule has 1 N–H and O–H groups in total. The predicted octanol–water partition coefficient (Wildman–Crippen LogP) is 2.85. The molecule has 1 aromatic carbocycles. The van der Waals surface area contributed by atoms with Crippen LogP contribution in [0.25, 0.3) is 0 Å². The topological polar surface area (TPSA) is 23.5 Å². The Kier molecular flexibility index (Phi) is 4.58. The molecule has 106 valence electrons. The molecule has 1 saturated heterocycles. The van der Waals surface area contributed by atoms with E-state index < -0.39 is 5.60 Å². The average molecular weight is 265 g/mol. The molecule has 0 radical (unpaired) electrons. The molecule has 0 unspecified atom stereocenters. The zero-order valence-corrected chi connectivity index (χ0v) is 11.9. The largest absolute Gasteiger partial charge is 0.389 e. The maximum absolute atomic E-state index is 13.2. The van der Waals surface area contributed by atoms with E-state index in [0.29, 0.717) is 12.3 Å². The molecule has 1 aromatic rings. The molecule has 0 aliphatic carbocycles. The molecular formula is C16H24FNO. The summed E-state index contributed by atoms with van der Waals surface area (Å²) in [4.78, 5) is 2.41. The summed E-state index contributed by atoms with van der Waals surface area (Å²) in [6.07, 6.45) is 2.10. The maximum Gasteiger partial charge on any atom is 0.123 e. The Morgan fingerprint density at radius 3 is 2.58 bits per heavy atom. The van der Waals surface area contributed by atoms with Crippen LogP contribution in [-0.2, 0) is 6.42 Å². The molecule has 0 atom stereocenters. The number of hydrogen-bond acceptors (Lipinski definition) is 2. The molecule has 0 saturated carbocycles. The van der Waals surface area contributed by atoms with Gasteiger partial charge >= 0.3 is 0 Å². The minimum Gasteiger partial charge on any atom is -0.389 e. The molecular weight excluding hydrogens is 241 g/mol. The lowest BCUT2D eigenvalue weighted by Gasteiger charge is -2.39. The van der Waals surface area contributed by atoms with E-state index in [-0.39, 0.29) is 5.82 Å². The van der Waals surface area contributed by atoms with E-state index in [1.807, 2.05) is 6.07 Å². The smallest absolute Gasteiger partial charge is 0.123 e. The Bertz CT molecular complexity index is 411. The van der Waals surface area contributed by atoms with Gasteiger partial charge in [-0.2, -0.15) is 0 Å². The van der Waals surface area contributed by atoms with Crippen molar-refractivity contribution in [1.29, 1.82) is 0 Å². The van der Waals surface area contributed by atoms with E-state index in [1.54, 1.807) is 6.07 Å². The molecule has 1 fully saturated rings. The molecule has 3 heteroatoms. The quantitative estimate of drug-likeness (QED) is 0.905. The highest BCUT2D eigenvalue weighted by Crippen LogP contribution is 2.27. The summed E-state index contributed by atoms with van der Waals surface area (Å²) in [5.41, 5.74) is 0.223. The Hall–Kier alpha value is -0.930. The zero-order valence-electron chi connectivity index (χ0n) is 11.9. The standard InChI is InChI=1S/C16H24FNO/c1-13(2)12-18-8-6-16(19,7-9-18)11-14-4-3-5-15(17)10-14/h3-5,10,13,19H,6-9,11-12H2,1-2H3. The molecule has 0 spiro atoms. The highest BCUT2D eigenvalue weighted by Gasteiger charge is 2.32. The molecule has 2 nitrogen and oxygen atoms in total. The van der Waals surface area contributed by atoms with Crippen molar-refractivity contribution in [3.63, 3.8) is 0 Å². The zero-order chi connectivity index (χ0) is 13.9. The minimum absolute atomic E-state index is 0.224.